The third-order valence-electron chi connectivity index (χ3n) is 2.83. The third-order valence-corrected chi connectivity index (χ3v) is 5.43. The Balaban J connectivity index is 2.23. The zero-order valence-electron chi connectivity index (χ0n) is 12.6. The Morgan fingerprint density at radius 1 is 0.593 bits per heavy atom. The molecule has 27 heavy (non-hydrogen) atoms. The van der Waals surface area contributed by atoms with E-state index in [0.29, 0.717) is 0 Å². The predicted molar refractivity (Wildman–Crippen MR) is 74.0 cm³/mol. The Hall–Kier alpha value is -2.16. The van der Waals surface area contributed by atoms with Crippen molar-refractivity contribution in [2.24, 2.45) is 0 Å². The quantitative estimate of drug-likeness (QED) is 0.393. The molecule has 0 aliphatic heterocycles. The molecule has 2 aromatic rings. The predicted octanol–water partition coefficient (Wildman–Crippen LogP) is 2.59. The van der Waals surface area contributed by atoms with Crippen LogP contribution in [-0.4, -0.2) is 23.6 Å². The maximum atomic E-state index is 13.4. The second-order valence-electron chi connectivity index (χ2n) is 4.66. The standard InChI is InChI=1S/C13H6F6O6S2/c14-6-1-8(16)12(9(17)2-6)26(20,21)24-5-25-27(22,23)13-10(18)3-7(15)4-11(13)19/h1-4H,5H2. The Labute approximate surface area is 148 Å². The lowest BCUT2D eigenvalue weighted by Crippen LogP contribution is -2.17. The molecular weight excluding hydrogens is 430 g/mol. The Morgan fingerprint density at radius 2 is 0.852 bits per heavy atom. The van der Waals surface area contributed by atoms with Gasteiger partial charge in [-0.2, -0.15) is 16.8 Å². The van der Waals surface area contributed by atoms with Crippen LogP contribution in [0.15, 0.2) is 34.1 Å². The van der Waals surface area contributed by atoms with Crippen molar-refractivity contribution in [1.82, 2.24) is 0 Å². The summed E-state index contributed by atoms with van der Waals surface area (Å²) in [4.78, 5) is -3.49. The summed E-state index contributed by atoms with van der Waals surface area (Å²) in [5.74, 6) is -10.4. The van der Waals surface area contributed by atoms with Crippen molar-refractivity contribution in [3.8, 4) is 0 Å². The van der Waals surface area contributed by atoms with Crippen LogP contribution in [0.2, 0.25) is 0 Å². The smallest absolute Gasteiger partial charge is 0.236 e. The fraction of sp³-hybridized carbons (Fsp3) is 0.0769. The van der Waals surface area contributed by atoms with Gasteiger partial charge in [-0.05, 0) is 0 Å². The minimum atomic E-state index is -5.32. The van der Waals surface area contributed by atoms with Gasteiger partial charge in [-0.1, -0.05) is 0 Å². The maximum absolute atomic E-state index is 13.4. The van der Waals surface area contributed by atoms with Crippen LogP contribution in [0, 0.1) is 34.9 Å². The molecule has 0 saturated heterocycles. The first-order chi connectivity index (χ1) is 12.3. The number of hydrogen-bond acceptors (Lipinski definition) is 6. The van der Waals surface area contributed by atoms with Crippen molar-refractivity contribution in [1.29, 1.82) is 0 Å². The summed E-state index contributed by atoms with van der Waals surface area (Å²) < 4.78 is 134. The molecular formula is C13H6F6O6S2. The van der Waals surface area contributed by atoms with E-state index in [9.17, 15) is 43.2 Å². The van der Waals surface area contributed by atoms with Crippen molar-refractivity contribution >= 4 is 20.2 Å². The van der Waals surface area contributed by atoms with Gasteiger partial charge in [0.2, 0.25) is 0 Å². The van der Waals surface area contributed by atoms with Crippen LogP contribution in [0.1, 0.15) is 0 Å². The average Bonchev–Trinajstić information content (AvgIpc) is 2.43. The van der Waals surface area contributed by atoms with Crippen molar-refractivity contribution in [3.05, 3.63) is 59.2 Å². The van der Waals surface area contributed by atoms with E-state index in [1.807, 2.05) is 0 Å². The van der Waals surface area contributed by atoms with Gasteiger partial charge in [-0.3, -0.25) is 0 Å². The van der Waals surface area contributed by atoms with Crippen LogP contribution < -0.4 is 0 Å². The van der Waals surface area contributed by atoms with Gasteiger partial charge in [0.1, 0.15) is 34.9 Å². The molecule has 14 heteroatoms. The number of benzene rings is 2. The molecule has 0 aliphatic carbocycles. The summed E-state index contributed by atoms with van der Waals surface area (Å²) in [5, 5.41) is 0. The molecule has 0 bridgehead atoms. The molecule has 0 aromatic heterocycles. The van der Waals surface area contributed by atoms with Crippen LogP contribution in [0.25, 0.3) is 0 Å². The van der Waals surface area contributed by atoms with Gasteiger partial charge < -0.3 is 0 Å². The molecule has 0 atom stereocenters. The van der Waals surface area contributed by atoms with Gasteiger partial charge in [-0.15, -0.1) is 0 Å². The molecule has 0 spiro atoms. The second-order valence-corrected chi connectivity index (χ2v) is 7.76. The molecule has 0 saturated carbocycles. The van der Waals surface area contributed by atoms with Crippen molar-refractivity contribution < 1.29 is 51.5 Å². The highest BCUT2D eigenvalue weighted by Crippen LogP contribution is 2.24. The summed E-state index contributed by atoms with van der Waals surface area (Å²) in [5.41, 5.74) is 0. The molecule has 2 rings (SSSR count). The SMILES string of the molecule is O=S(=O)(OCOS(=O)(=O)c1c(F)cc(F)cc1F)c1c(F)cc(F)cc1F. The zero-order chi connectivity index (χ0) is 20.6. The minimum Gasteiger partial charge on any atom is -0.236 e. The molecule has 2 aromatic carbocycles. The highest BCUT2D eigenvalue weighted by Gasteiger charge is 2.30. The summed E-state index contributed by atoms with van der Waals surface area (Å²) in [6.45, 7) is -1.78. The van der Waals surface area contributed by atoms with Crippen LogP contribution >= 0.6 is 0 Å². The lowest BCUT2D eigenvalue weighted by Gasteiger charge is -2.09. The lowest BCUT2D eigenvalue weighted by atomic mass is 10.3. The molecule has 0 heterocycles. The van der Waals surface area contributed by atoms with E-state index >= 15 is 0 Å². The molecule has 0 N–H and O–H groups in total. The highest BCUT2D eigenvalue weighted by atomic mass is 32.2. The molecule has 0 aliphatic rings. The Kier molecular flexibility index (Phi) is 5.84. The Bertz CT molecular complexity index is 967. The van der Waals surface area contributed by atoms with E-state index in [4.69, 9.17) is 0 Å². The third kappa shape index (κ3) is 4.58. The van der Waals surface area contributed by atoms with E-state index in [-0.39, 0.29) is 24.3 Å². The van der Waals surface area contributed by atoms with Gasteiger partial charge in [0.25, 0.3) is 0 Å². The summed E-state index contributed by atoms with van der Waals surface area (Å²) in [6, 6.07) is 0.0563. The first-order valence-corrected chi connectivity index (χ1v) is 9.25. The molecule has 0 unspecified atom stereocenters. The fourth-order valence-electron chi connectivity index (χ4n) is 1.80. The van der Waals surface area contributed by atoms with Crippen LogP contribution in [-0.2, 0) is 28.6 Å². The fourth-order valence-corrected chi connectivity index (χ4v) is 3.64. The number of halogens is 6. The van der Waals surface area contributed by atoms with Crippen molar-refractivity contribution in [2.45, 2.75) is 9.79 Å². The van der Waals surface area contributed by atoms with Gasteiger partial charge >= 0.3 is 20.2 Å². The zero-order valence-corrected chi connectivity index (χ0v) is 14.2. The molecule has 0 radical (unpaired) electrons. The number of rotatable bonds is 6. The van der Waals surface area contributed by atoms with E-state index in [1.165, 1.54) is 0 Å². The first-order valence-electron chi connectivity index (χ1n) is 6.43. The normalized spacial score (nSPS) is 12.4. The average molecular weight is 436 g/mol. The highest BCUT2D eigenvalue weighted by molar-refractivity contribution is 7.87. The lowest BCUT2D eigenvalue weighted by molar-refractivity contribution is 0.130. The van der Waals surface area contributed by atoms with E-state index in [1.54, 1.807) is 0 Å². The Morgan fingerprint density at radius 3 is 1.11 bits per heavy atom. The largest absolute Gasteiger partial charge is 0.305 e. The molecule has 0 fully saturated rings. The summed E-state index contributed by atoms with van der Waals surface area (Å²) in [7, 11) is -10.6. The van der Waals surface area contributed by atoms with Crippen molar-refractivity contribution in [3.63, 3.8) is 0 Å². The maximum Gasteiger partial charge on any atom is 0.305 e. The molecule has 0 amide bonds. The molecule has 148 valence electrons. The van der Waals surface area contributed by atoms with Crippen LogP contribution in [0.5, 0.6) is 0 Å². The van der Waals surface area contributed by atoms with Gasteiger partial charge in [0.05, 0.1) is 0 Å². The van der Waals surface area contributed by atoms with E-state index < -0.39 is 71.7 Å². The van der Waals surface area contributed by atoms with Gasteiger partial charge in [0.15, 0.2) is 16.6 Å². The summed E-state index contributed by atoms with van der Waals surface area (Å²) >= 11 is 0. The van der Waals surface area contributed by atoms with E-state index in [0.717, 1.165) is 0 Å². The second kappa shape index (κ2) is 7.46. The number of hydrogen-bond donors (Lipinski definition) is 0. The summed E-state index contributed by atoms with van der Waals surface area (Å²) in [6.07, 6.45) is 0. The van der Waals surface area contributed by atoms with Gasteiger partial charge in [0, 0.05) is 24.3 Å². The van der Waals surface area contributed by atoms with Crippen LogP contribution in [0.4, 0.5) is 26.3 Å². The topological polar surface area (TPSA) is 86.7 Å². The van der Waals surface area contributed by atoms with Crippen LogP contribution in [0.3, 0.4) is 0 Å². The molecule has 6 nitrogen and oxygen atoms in total. The van der Waals surface area contributed by atoms with Gasteiger partial charge in [-0.25, -0.2) is 34.7 Å². The first kappa shape index (κ1) is 21.1. The minimum absolute atomic E-state index is 0.0141. The monoisotopic (exact) mass is 436 g/mol. The van der Waals surface area contributed by atoms with E-state index in [2.05, 4.69) is 8.37 Å². The van der Waals surface area contributed by atoms with Crippen molar-refractivity contribution in [2.75, 3.05) is 6.79 Å².